The van der Waals surface area contributed by atoms with Crippen molar-refractivity contribution in [1.82, 2.24) is 19.5 Å². The summed E-state index contributed by atoms with van der Waals surface area (Å²) in [6.07, 6.45) is -1.25. The van der Waals surface area contributed by atoms with Crippen LogP contribution >= 0.6 is 20.0 Å². The number of aliphatic hydroxyl groups excluding tert-OH is 1. The summed E-state index contributed by atoms with van der Waals surface area (Å²) in [4.78, 5) is 46.5. The summed E-state index contributed by atoms with van der Waals surface area (Å²) in [5, 5.41) is 13.1. The molecule has 16 heteroatoms. The van der Waals surface area contributed by atoms with Gasteiger partial charge in [-0.15, -0.1) is 21.2 Å². The molecule has 0 saturated carbocycles. The second-order valence-corrected chi connectivity index (χ2v) is 14.7. The number of nitrogens with zero attached hydrogens (tertiary/aromatic N) is 3. The van der Waals surface area contributed by atoms with Gasteiger partial charge in [-0.05, 0) is 53.1 Å². The standard InChI is InChI=1S/C37H40N5O9PS/c1-22(2)33(44)40-36-39-32-30(34(45)41-36)38-21-42(32)35-31(51-52(46)47)28(29(20-43)50-35)18-19-53-37(23-8-6-5-7-9-23,24-10-14-26(48-3)15-11-24)25-12-16-27(49-4)17-13-25/h5-17,21-22,28-29,31,35,43H,18-20H2,1-4H3,(H2-,39,40,41,44,45,46,47)/p+1/t28?,29-,31?,35-/m1/s1. The molecular weight excluding hydrogens is 721 g/mol. The number of ether oxygens (including phenoxy) is 3. The Balaban J connectivity index is 1.37. The number of thioether (sulfide) groups is 1. The fraction of sp³-hybridized carbons (Fsp3) is 0.351. The van der Waals surface area contributed by atoms with Crippen LogP contribution in [0.25, 0.3) is 11.2 Å². The van der Waals surface area contributed by atoms with E-state index in [4.69, 9.17) is 18.7 Å². The molecule has 1 aliphatic heterocycles. The van der Waals surface area contributed by atoms with Crippen molar-refractivity contribution < 1.29 is 38.1 Å². The first-order chi connectivity index (χ1) is 25.6. The van der Waals surface area contributed by atoms with Crippen LogP contribution in [-0.2, 0) is 23.4 Å². The normalized spacial score (nSPS) is 19.0. The van der Waals surface area contributed by atoms with Gasteiger partial charge < -0.3 is 19.3 Å². The van der Waals surface area contributed by atoms with Crippen LogP contribution in [0.15, 0.2) is 90.0 Å². The number of aromatic amines is 1. The zero-order valence-corrected chi connectivity index (χ0v) is 31.3. The van der Waals surface area contributed by atoms with Crippen molar-refractivity contribution >= 4 is 43.0 Å². The molecule has 5 aromatic rings. The van der Waals surface area contributed by atoms with Crippen LogP contribution in [0.4, 0.5) is 5.95 Å². The smallest absolute Gasteiger partial charge is 0.497 e. The Labute approximate surface area is 310 Å². The van der Waals surface area contributed by atoms with Gasteiger partial charge in [0, 0.05) is 16.4 Å². The fourth-order valence-corrected chi connectivity index (χ4v) is 8.70. The number of carbonyl (C=O) groups is 1. The predicted octanol–water partition coefficient (Wildman–Crippen LogP) is 5.39. The van der Waals surface area contributed by atoms with E-state index in [1.807, 2.05) is 66.7 Å². The number of anilines is 1. The van der Waals surface area contributed by atoms with Crippen molar-refractivity contribution in [2.75, 3.05) is 31.9 Å². The van der Waals surface area contributed by atoms with Crippen molar-refractivity contribution in [3.05, 3.63) is 112 Å². The number of nitrogens with one attached hydrogen (secondary N) is 2. The Bertz CT molecular complexity index is 2050. The van der Waals surface area contributed by atoms with Gasteiger partial charge in [-0.25, -0.2) is 4.98 Å². The number of aromatic nitrogens is 4. The van der Waals surface area contributed by atoms with Gasteiger partial charge >= 0.3 is 8.25 Å². The Morgan fingerprint density at radius 2 is 1.62 bits per heavy atom. The van der Waals surface area contributed by atoms with Crippen LogP contribution in [0.2, 0.25) is 0 Å². The number of hydrogen-bond donors (Lipinski definition) is 4. The van der Waals surface area contributed by atoms with E-state index >= 15 is 0 Å². The highest BCUT2D eigenvalue weighted by molar-refractivity contribution is 8.00. The van der Waals surface area contributed by atoms with Crippen LogP contribution in [0, 0.1) is 11.8 Å². The number of methoxy groups -OCH3 is 2. The maximum absolute atomic E-state index is 12.9. The molecule has 14 nitrogen and oxygen atoms in total. The molecule has 0 spiro atoms. The topological polar surface area (TPSA) is 187 Å². The van der Waals surface area contributed by atoms with Gasteiger partial charge in [0.2, 0.25) is 11.9 Å². The number of benzene rings is 3. The third-order valence-electron chi connectivity index (χ3n) is 9.30. The van der Waals surface area contributed by atoms with Crippen molar-refractivity contribution in [1.29, 1.82) is 0 Å². The minimum atomic E-state index is -3.12. The molecule has 3 unspecified atom stereocenters. The number of imidazole rings is 1. The lowest BCUT2D eigenvalue weighted by atomic mass is 9.84. The van der Waals surface area contributed by atoms with E-state index < -0.39 is 49.5 Å². The second kappa shape index (κ2) is 16.6. The molecule has 1 saturated heterocycles. The zero-order valence-electron chi connectivity index (χ0n) is 29.5. The lowest BCUT2D eigenvalue weighted by Gasteiger charge is -2.36. The molecule has 53 heavy (non-hydrogen) atoms. The summed E-state index contributed by atoms with van der Waals surface area (Å²) in [7, 11) is 0.124. The van der Waals surface area contributed by atoms with Gasteiger partial charge in [0.25, 0.3) is 5.56 Å². The molecule has 2 aromatic heterocycles. The number of fused-ring (bicyclic) bond motifs is 1. The van der Waals surface area contributed by atoms with Gasteiger partial charge in [-0.3, -0.25) is 24.5 Å². The number of carbonyl (C=O) groups excluding carboxylic acids is 1. The molecule has 1 aliphatic rings. The summed E-state index contributed by atoms with van der Waals surface area (Å²) < 4.78 is 35.9. The van der Waals surface area contributed by atoms with Crippen LogP contribution in [-0.4, -0.2) is 74.2 Å². The maximum atomic E-state index is 12.9. The molecule has 5 atom stereocenters. The Kier molecular flexibility index (Phi) is 11.9. The van der Waals surface area contributed by atoms with E-state index in [1.165, 1.54) is 10.9 Å². The van der Waals surface area contributed by atoms with Crippen molar-refractivity contribution in [2.24, 2.45) is 11.8 Å². The Morgan fingerprint density at radius 1 is 1.02 bits per heavy atom. The van der Waals surface area contributed by atoms with Crippen molar-refractivity contribution in [3.8, 4) is 11.5 Å². The largest absolute Gasteiger partial charge is 0.695 e. The monoisotopic (exact) mass is 762 g/mol. The molecule has 3 heterocycles. The SMILES string of the molecule is COc1ccc(C(SCCC2C(O[P+](=O)O)[C@H](n3cnc4c(=O)[nH]c(NC(=O)C(C)C)nc43)O[C@@H]2CO)(c2ccccc2)c2ccc(OC)cc2)cc1. The van der Waals surface area contributed by atoms with E-state index in [1.54, 1.807) is 39.8 Å². The predicted molar refractivity (Wildman–Crippen MR) is 200 cm³/mol. The number of hydrogen-bond acceptors (Lipinski definition) is 11. The molecule has 0 bridgehead atoms. The molecule has 0 radical (unpaired) electrons. The first-order valence-electron chi connectivity index (χ1n) is 16.9. The highest BCUT2D eigenvalue weighted by Crippen LogP contribution is 2.51. The third kappa shape index (κ3) is 7.86. The summed E-state index contributed by atoms with van der Waals surface area (Å²) >= 11 is 1.66. The molecule has 278 valence electrons. The number of amides is 1. The lowest BCUT2D eigenvalue weighted by Crippen LogP contribution is -2.31. The Morgan fingerprint density at radius 3 is 2.17 bits per heavy atom. The number of aliphatic hydroxyl groups is 1. The van der Waals surface area contributed by atoms with Gasteiger partial charge in [-0.1, -0.05) is 68.4 Å². The summed E-state index contributed by atoms with van der Waals surface area (Å²) in [6, 6.07) is 25.9. The van der Waals surface area contributed by atoms with Gasteiger partial charge in [0.05, 0.1) is 38.0 Å². The molecule has 6 rings (SSSR count). The van der Waals surface area contributed by atoms with E-state index in [9.17, 15) is 24.2 Å². The van der Waals surface area contributed by atoms with Crippen molar-refractivity contribution in [2.45, 2.75) is 43.5 Å². The molecule has 4 N–H and O–H groups in total. The van der Waals surface area contributed by atoms with E-state index in [2.05, 4.69) is 32.4 Å². The van der Waals surface area contributed by atoms with E-state index in [0.29, 0.717) is 23.7 Å². The molecule has 1 amide bonds. The zero-order chi connectivity index (χ0) is 37.7. The maximum Gasteiger partial charge on any atom is 0.695 e. The van der Waals surface area contributed by atoms with E-state index in [-0.39, 0.29) is 28.9 Å². The molecule has 0 aliphatic carbocycles. The minimum Gasteiger partial charge on any atom is -0.497 e. The first kappa shape index (κ1) is 38.1. The van der Waals surface area contributed by atoms with Crippen LogP contribution in [0.5, 0.6) is 11.5 Å². The Hall–Kier alpha value is -4.63. The summed E-state index contributed by atoms with van der Waals surface area (Å²) in [6.45, 7) is 2.99. The highest BCUT2D eigenvalue weighted by Gasteiger charge is 2.51. The molecular formula is C37H41N5O9PS+. The summed E-state index contributed by atoms with van der Waals surface area (Å²) in [5.74, 6) is 0.508. The van der Waals surface area contributed by atoms with Crippen LogP contribution in [0.3, 0.4) is 0 Å². The summed E-state index contributed by atoms with van der Waals surface area (Å²) in [5.41, 5.74) is 2.44. The number of rotatable bonds is 15. The van der Waals surface area contributed by atoms with E-state index in [0.717, 1.165) is 16.7 Å². The highest BCUT2D eigenvalue weighted by atomic mass is 32.2. The quantitative estimate of drug-likeness (QED) is 0.0789. The first-order valence-corrected chi connectivity index (χ1v) is 19.1. The average molecular weight is 763 g/mol. The fourth-order valence-electron chi connectivity index (χ4n) is 6.62. The van der Waals surface area contributed by atoms with Crippen LogP contribution < -0.4 is 20.3 Å². The number of H-pyrrole nitrogens is 1. The third-order valence-corrected chi connectivity index (χ3v) is 11.3. The molecule has 3 aromatic carbocycles. The van der Waals surface area contributed by atoms with Crippen molar-refractivity contribution in [3.63, 3.8) is 0 Å². The van der Waals surface area contributed by atoms with Gasteiger partial charge in [-0.2, -0.15) is 4.98 Å². The molecule has 1 fully saturated rings. The van der Waals surface area contributed by atoms with Crippen LogP contribution in [0.1, 0.15) is 43.2 Å². The van der Waals surface area contributed by atoms with Gasteiger partial charge in [0.1, 0.15) is 11.5 Å². The second-order valence-electron chi connectivity index (χ2n) is 12.7. The van der Waals surface area contributed by atoms with Gasteiger partial charge in [0.15, 0.2) is 23.5 Å². The average Bonchev–Trinajstić information content (AvgIpc) is 3.74. The lowest BCUT2D eigenvalue weighted by molar-refractivity contribution is -0.118. The minimum absolute atomic E-state index is 0.0329.